The van der Waals surface area contributed by atoms with Crippen LogP contribution in [0.15, 0.2) is 12.3 Å². The van der Waals surface area contributed by atoms with Gasteiger partial charge in [0.15, 0.2) is 0 Å². The molecule has 1 N–H and O–H groups in total. The second-order valence-corrected chi connectivity index (χ2v) is 4.91. The Kier molecular flexibility index (Phi) is 4.89. The molecule has 0 bridgehead atoms. The Bertz CT molecular complexity index is 385. The number of nitriles is 1. The van der Waals surface area contributed by atoms with Crippen LogP contribution in [0.5, 0.6) is 0 Å². The summed E-state index contributed by atoms with van der Waals surface area (Å²) in [5.41, 5.74) is 0.396. The first-order valence-corrected chi connectivity index (χ1v) is 6.01. The van der Waals surface area contributed by atoms with Gasteiger partial charge in [0.25, 0.3) is 0 Å². The highest BCUT2D eigenvalue weighted by molar-refractivity contribution is 5.29. The summed E-state index contributed by atoms with van der Waals surface area (Å²) in [4.78, 5) is 8.20. The first-order valence-electron chi connectivity index (χ1n) is 6.01. The molecule has 1 rings (SSSR count). The van der Waals surface area contributed by atoms with E-state index in [9.17, 15) is 0 Å². The van der Waals surface area contributed by atoms with Gasteiger partial charge >= 0.3 is 0 Å². The number of rotatable bonds is 5. The maximum absolute atomic E-state index is 8.75. The minimum atomic E-state index is 0.396. The molecule has 0 aliphatic heterocycles. The van der Waals surface area contributed by atoms with Crippen LogP contribution in [0.3, 0.4) is 0 Å². The average molecular weight is 232 g/mol. The first-order chi connectivity index (χ1) is 8.04. The zero-order valence-electron chi connectivity index (χ0n) is 10.9. The predicted molar refractivity (Wildman–Crippen MR) is 68.4 cm³/mol. The van der Waals surface area contributed by atoms with E-state index in [4.69, 9.17) is 5.26 Å². The number of nitrogens with one attached hydrogen (secondary N) is 1. The quantitative estimate of drug-likeness (QED) is 0.847. The Morgan fingerprint density at radius 3 is 2.47 bits per heavy atom. The SMILES string of the molecule is CC(C)C(CNc1nccc(C#N)n1)C(C)C. The van der Waals surface area contributed by atoms with Crippen molar-refractivity contribution >= 4 is 5.95 Å². The van der Waals surface area contributed by atoms with Gasteiger partial charge in [-0.2, -0.15) is 5.26 Å². The van der Waals surface area contributed by atoms with Crippen molar-refractivity contribution in [1.82, 2.24) is 9.97 Å². The van der Waals surface area contributed by atoms with Crippen molar-refractivity contribution in [3.05, 3.63) is 18.0 Å². The summed E-state index contributed by atoms with van der Waals surface area (Å²) in [6, 6.07) is 3.61. The van der Waals surface area contributed by atoms with E-state index < -0.39 is 0 Å². The summed E-state index contributed by atoms with van der Waals surface area (Å²) in [5.74, 6) is 2.34. The molecular formula is C13H20N4. The molecule has 0 amide bonds. The Labute approximate surface area is 103 Å². The molecule has 0 fully saturated rings. The molecule has 0 aliphatic carbocycles. The second kappa shape index (κ2) is 6.19. The van der Waals surface area contributed by atoms with E-state index in [1.165, 1.54) is 0 Å². The zero-order chi connectivity index (χ0) is 12.8. The summed E-state index contributed by atoms with van der Waals surface area (Å²) in [6.45, 7) is 9.72. The summed E-state index contributed by atoms with van der Waals surface area (Å²) in [7, 11) is 0. The largest absolute Gasteiger partial charge is 0.354 e. The van der Waals surface area contributed by atoms with Crippen LogP contribution >= 0.6 is 0 Å². The third-order valence-corrected chi connectivity index (χ3v) is 2.98. The fourth-order valence-corrected chi connectivity index (χ4v) is 1.96. The van der Waals surface area contributed by atoms with Gasteiger partial charge in [-0.3, -0.25) is 0 Å². The molecule has 4 heteroatoms. The van der Waals surface area contributed by atoms with Crippen LogP contribution < -0.4 is 5.32 Å². The van der Waals surface area contributed by atoms with Crippen molar-refractivity contribution in [2.45, 2.75) is 27.7 Å². The number of hydrogen-bond donors (Lipinski definition) is 1. The number of hydrogen-bond acceptors (Lipinski definition) is 4. The molecule has 1 aromatic rings. The van der Waals surface area contributed by atoms with Gasteiger partial charge in [0.2, 0.25) is 5.95 Å². The molecule has 0 radical (unpaired) electrons. The molecule has 0 saturated carbocycles. The fourth-order valence-electron chi connectivity index (χ4n) is 1.96. The van der Waals surface area contributed by atoms with Crippen LogP contribution in [0.25, 0.3) is 0 Å². The normalized spacial score (nSPS) is 10.9. The van der Waals surface area contributed by atoms with E-state index >= 15 is 0 Å². The molecule has 92 valence electrons. The van der Waals surface area contributed by atoms with Crippen LogP contribution in [0, 0.1) is 29.1 Å². The van der Waals surface area contributed by atoms with Crippen molar-refractivity contribution in [1.29, 1.82) is 5.26 Å². The van der Waals surface area contributed by atoms with Crippen LogP contribution in [0.2, 0.25) is 0 Å². The molecule has 4 nitrogen and oxygen atoms in total. The van der Waals surface area contributed by atoms with Gasteiger partial charge < -0.3 is 5.32 Å². The lowest BCUT2D eigenvalue weighted by Crippen LogP contribution is -2.25. The number of nitrogens with zero attached hydrogens (tertiary/aromatic N) is 3. The maximum atomic E-state index is 8.75. The van der Waals surface area contributed by atoms with Crippen molar-refractivity contribution in [3.63, 3.8) is 0 Å². The fraction of sp³-hybridized carbons (Fsp3) is 0.615. The molecule has 0 saturated heterocycles. The third-order valence-electron chi connectivity index (χ3n) is 2.98. The highest BCUT2D eigenvalue weighted by Gasteiger charge is 2.17. The minimum absolute atomic E-state index is 0.396. The van der Waals surface area contributed by atoms with Crippen LogP contribution in [0.1, 0.15) is 33.4 Å². The second-order valence-electron chi connectivity index (χ2n) is 4.91. The first kappa shape index (κ1) is 13.4. The van der Waals surface area contributed by atoms with Gasteiger partial charge in [-0.05, 0) is 23.8 Å². The van der Waals surface area contributed by atoms with Crippen molar-refractivity contribution in [3.8, 4) is 6.07 Å². The van der Waals surface area contributed by atoms with E-state index in [0.717, 1.165) is 6.54 Å². The average Bonchev–Trinajstić information content (AvgIpc) is 2.28. The highest BCUT2D eigenvalue weighted by atomic mass is 15.1. The van der Waals surface area contributed by atoms with Gasteiger partial charge in [-0.25, -0.2) is 9.97 Å². The summed E-state index contributed by atoms with van der Waals surface area (Å²) in [6.07, 6.45) is 1.60. The van der Waals surface area contributed by atoms with E-state index in [-0.39, 0.29) is 0 Å². The lowest BCUT2D eigenvalue weighted by molar-refractivity contribution is 0.304. The molecule has 1 aromatic heterocycles. The summed E-state index contributed by atoms with van der Waals surface area (Å²) in [5, 5.41) is 12.0. The molecule has 0 aliphatic rings. The Morgan fingerprint density at radius 2 is 1.94 bits per heavy atom. The van der Waals surface area contributed by atoms with Gasteiger partial charge in [-0.15, -0.1) is 0 Å². The molecule has 0 atom stereocenters. The Hall–Kier alpha value is -1.63. The van der Waals surface area contributed by atoms with E-state index in [1.807, 2.05) is 6.07 Å². The number of aromatic nitrogens is 2. The van der Waals surface area contributed by atoms with Crippen LogP contribution in [-0.4, -0.2) is 16.5 Å². The smallest absolute Gasteiger partial charge is 0.223 e. The van der Waals surface area contributed by atoms with Gasteiger partial charge in [0.05, 0.1) is 0 Å². The van der Waals surface area contributed by atoms with Gasteiger partial charge in [-0.1, -0.05) is 27.7 Å². The number of anilines is 1. The van der Waals surface area contributed by atoms with Gasteiger partial charge in [0, 0.05) is 12.7 Å². The van der Waals surface area contributed by atoms with Crippen LogP contribution in [-0.2, 0) is 0 Å². The third kappa shape index (κ3) is 4.03. The van der Waals surface area contributed by atoms with E-state index in [2.05, 4.69) is 43.0 Å². The molecule has 0 aromatic carbocycles. The molecule has 0 unspecified atom stereocenters. The lowest BCUT2D eigenvalue weighted by atomic mass is 9.85. The maximum Gasteiger partial charge on any atom is 0.223 e. The molecule has 0 spiro atoms. The van der Waals surface area contributed by atoms with Crippen LogP contribution in [0.4, 0.5) is 5.95 Å². The van der Waals surface area contributed by atoms with E-state index in [1.54, 1.807) is 12.3 Å². The summed E-state index contributed by atoms with van der Waals surface area (Å²) >= 11 is 0. The van der Waals surface area contributed by atoms with Crippen molar-refractivity contribution in [2.24, 2.45) is 17.8 Å². The van der Waals surface area contributed by atoms with Crippen molar-refractivity contribution < 1.29 is 0 Å². The standard InChI is InChI=1S/C13H20N4/c1-9(2)12(10(3)4)8-16-13-15-6-5-11(7-14)17-13/h5-6,9-10,12H,8H2,1-4H3,(H,15,16,17). The highest BCUT2D eigenvalue weighted by Crippen LogP contribution is 2.20. The van der Waals surface area contributed by atoms with Crippen molar-refractivity contribution in [2.75, 3.05) is 11.9 Å². The van der Waals surface area contributed by atoms with Gasteiger partial charge in [0.1, 0.15) is 11.8 Å². The zero-order valence-corrected chi connectivity index (χ0v) is 10.9. The molecular weight excluding hydrogens is 212 g/mol. The monoisotopic (exact) mass is 232 g/mol. The molecule has 1 heterocycles. The predicted octanol–water partition coefficient (Wildman–Crippen LogP) is 2.69. The topological polar surface area (TPSA) is 61.6 Å². The molecule has 17 heavy (non-hydrogen) atoms. The minimum Gasteiger partial charge on any atom is -0.354 e. The Balaban J connectivity index is 2.63. The summed E-state index contributed by atoms with van der Waals surface area (Å²) < 4.78 is 0. The van der Waals surface area contributed by atoms with E-state index in [0.29, 0.717) is 29.4 Å². The lowest BCUT2D eigenvalue weighted by Gasteiger charge is -2.24. The Morgan fingerprint density at radius 1 is 1.29 bits per heavy atom.